The molecule has 1 N–H and O–H groups in total. The molecule has 0 radical (unpaired) electrons. The Morgan fingerprint density at radius 2 is 2.29 bits per heavy atom. The highest BCUT2D eigenvalue weighted by Crippen LogP contribution is 2.31. The largest absolute Gasteiger partial charge is 0.306 e. The lowest BCUT2D eigenvalue weighted by molar-refractivity contribution is 0.540. The average molecular weight is 190 g/mol. The molecular weight excluding hydrogens is 172 g/mol. The van der Waals surface area contributed by atoms with Crippen LogP contribution in [-0.4, -0.2) is 11.0 Å². The summed E-state index contributed by atoms with van der Waals surface area (Å²) in [5, 5.41) is 3.58. The van der Waals surface area contributed by atoms with E-state index in [1.54, 1.807) is 0 Å². The van der Waals surface area contributed by atoms with Gasteiger partial charge in [-0.2, -0.15) is 0 Å². The van der Waals surface area contributed by atoms with Crippen LogP contribution in [0.1, 0.15) is 37.6 Å². The molecular formula is C12H18N2. The van der Waals surface area contributed by atoms with Crippen molar-refractivity contribution in [3.05, 3.63) is 29.6 Å². The third-order valence-electron chi connectivity index (χ3n) is 2.95. The Bertz CT molecular complexity index is 322. The number of hydrogen-bond donors (Lipinski definition) is 1. The molecule has 1 fully saturated rings. The lowest BCUT2D eigenvalue weighted by Crippen LogP contribution is -2.22. The second-order valence-corrected chi connectivity index (χ2v) is 4.47. The number of pyridine rings is 1. The number of nitrogens with zero attached hydrogens (tertiary/aromatic N) is 1. The Labute approximate surface area is 85.7 Å². The smallest absolute Gasteiger partial charge is 0.0573 e. The van der Waals surface area contributed by atoms with E-state index in [2.05, 4.69) is 37.1 Å². The predicted molar refractivity (Wildman–Crippen MR) is 58.1 cm³/mol. The monoisotopic (exact) mass is 190 g/mol. The highest BCUT2D eigenvalue weighted by molar-refractivity contribution is 5.17. The summed E-state index contributed by atoms with van der Waals surface area (Å²) in [5.74, 6) is 0.849. The zero-order chi connectivity index (χ0) is 10.1. The van der Waals surface area contributed by atoms with Crippen LogP contribution in [0.25, 0.3) is 0 Å². The van der Waals surface area contributed by atoms with Gasteiger partial charge in [0.15, 0.2) is 0 Å². The SMILES string of the molecule is Cc1ccnc(C(C)N[C@@H]2C[C@H]2C)c1. The van der Waals surface area contributed by atoms with E-state index in [4.69, 9.17) is 0 Å². The molecule has 1 saturated carbocycles. The quantitative estimate of drug-likeness (QED) is 0.792. The van der Waals surface area contributed by atoms with Gasteiger partial charge >= 0.3 is 0 Å². The second-order valence-electron chi connectivity index (χ2n) is 4.47. The summed E-state index contributed by atoms with van der Waals surface area (Å²) < 4.78 is 0. The number of nitrogens with one attached hydrogen (secondary N) is 1. The fraction of sp³-hybridized carbons (Fsp3) is 0.583. The zero-order valence-corrected chi connectivity index (χ0v) is 9.12. The zero-order valence-electron chi connectivity index (χ0n) is 9.12. The summed E-state index contributed by atoms with van der Waals surface area (Å²) in [6.45, 7) is 6.58. The first kappa shape index (κ1) is 9.66. The molecule has 0 amide bonds. The van der Waals surface area contributed by atoms with E-state index in [9.17, 15) is 0 Å². The molecule has 1 aromatic rings. The molecule has 0 aliphatic heterocycles. The van der Waals surface area contributed by atoms with Gasteiger partial charge in [-0.05, 0) is 43.9 Å². The Morgan fingerprint density at radius 3 is 2.86 bits per heavy atom. The van der Waals surface area contributed by atoms with E-state index >= 15 is 0 Å². The first-order valence-corrected chi connectivity index (χ1v) is 5.35. The van der Waals surface area contributed by atoms with Crippen LogP contribution >= 0.6 is 0 Å². The van der Waals surface area contributed by atoms with E-state index in [1.165, 1.54) is 12.0 Å². The molecule has 1 aliphatic carbocycles. The molecule has 0 spiro atoms. The average Bonchev–Trinajstić information content (AvgIpc) is 2.81. The molecule has 2 heteroatoms. The van der Waals surface area contributed by atoms with Gasteiger partial charge in [0.2, 0.25) is 0 Å². The van der Waals surface area contributed by atoms with Crippen molar-refractivity contribution in [3.63, 3.8) is 0 Å². The third kappa shape index (κ3) is 2.13. The number of hydrogen-bond acceptors (Lipinski definition) is 2. The lowest BCUT2D eigenvalue weighted by Gasteiger charge is -2.13. The second kappa shape index (κ2) is 3.70. The summed E-state index contributed by atoms with van der Waals surface area (Å²) in [6, 6.07) is 5.29. The topological polar surface area (TPSA) is 24.9 Å². The molecule has 1 heterocycles. The van der Waals surface area contributed by atoms with Gasteiger partial charge in [-0.1, -0.05) is 6.92 Å². The van der Waals surface area contributed by atoms with Gasteiger partial charge < -0.3 is 5.32 Å². The van der Waals surface area contributed by atoms with Gasteiger partial charge in [0.05, 0.1) is 5.69 Å². The van der Waals surface area contributed by atoms with Crippen molar-refractivity contribution in [1.82, 2.24) is 10.3 Å². The number of aryl methyl sites for hydroxylation is 1. The molecule has 0 bridgehead atoms. The maximum atomic E-state index is 4.38. The van der Waals surface area contributed by atoms with Crippen LogP contribution in [0, 0.1) is 12.8 Å². The Morgan fingerprint density at radius 1 is 1.57 bits per heavy atom. The maximum Gasteiger partial charge on any atom is 0.0573 e. The summed E-state index contributed by atoms with van der Waals surface area (Å²) in [7, 11) is 0. The van der Waals surface area contributed by atoms with Crippen LogP contribution in [0.5, 0.6) is 0 Å². The van der Waals surface area contributed by atoms with Crippen molar-refractivity contribution in [2.75, 3.05) is 0 Å². The minimum Gasteiger partial charge on any atom is -0.306 e. The minimum atomic E-state index is 0.379. The van der Waals surface area contributed by atoms with Crippen molar-refractivity contribution in [3.8, 4) is 0 Å². The summed E-state index contributed by atoms with van der Waals surface area (Å²) in [5.41, 5.74) is 2.44. The Kier molecular flexibility index (Phi) is 2.55. The van der Waals surface area contributed by atoms with Crippen molar-refractivity contribution < 1.29 is 0 Å². The standard InChI is InChI=1S/C12H18N2/c1-8-4-5-13-12(6-8)10(3)14-11-7-9(11)2/h4-6,9-11,14H,7H2,1-3H3/t9-,10?,11-/m1/s1. The first-order chi connectivity index (χ1) is 6.66. The maximum absolute atomic E-state index is 4.38. The normalized spacial score (nSPS) is 27.4. The van der Waals surface area contributed by atoms with Crippen LogP contribution in [0.2, 0.25) is 0 Å². The van der Waals surface area contributed by atoms with Gasteiger partial charge in [-0.25, -0.2) is 0 Å². The Balaban J connectivity index is 2.00. The molecule has 0 saturated heterocycles. The van der Waals surface area contributed by atoms with Crippen molar-refractivity contribution >= 4 is 0 Å². The van der Waals surface area contributed by atoms with Gasteiger partial charge in [0.1, 0.15) is 0 Å². The van der Waals surface area contributed by atoms with E-state index in [1.807, 2.05) is 12.3 Å². The minimum absolute atomic E-state index is 0.379. The van der Waals surface area contributed by atoms with E-state index in [0.29, 0.717) is 12.1 Å². The van der Waals surface area contributed by atoms with Crippen LogP contribution in [-0.2, 0) is 0 Å². The van der Waals surface area contributed by atoms with Crippen molar-refractivity contribution in [2.45, 2.75) is 39.3 Å². The van der Waals surface area contributed by atoms with Crippen LogP contribution < -0.4 is 5.32 Å². The molecule has 14 heavy (non-hydrogen) atoms. The van der Waals surface area contributed by atoms with Gasteiger partial charge in [-0.3, -0.25) is 4.98 Å². The molecule has 76 valence electrons. The van der Waals surface area contributed by atoms with Crippen molar-refractivity contribution in [1.29, 1.82) is 0 Å². The van der Waals surface area contributed by atoms with Gasteiger partial charge in [0.25, 0.3) is 0 Å². The summed E-state index contributed by atoms with van der Waals surface area (Å²) >= 11 is 0. The summed E-state index contributed by atoms with van der Waals surface area (Å²) in [4.78, 5) is 4.38. The highest BCUT2D eigenvalue weighted by atomic mass is 15.0. The van der Waals surface area contributed by atoms with Gasteiger partial charge in [-0.15, -0.1) is 0 Å². The fourth-order valence-electron chi connectivity index (χ4n) is 1.76. The fourth-order valence-corrected chi connectivity index (χ4v) is 1.76. The molecule has 0 aromatic carbocycles. The number of aromatic nitrogens is 1. The van der Waals surface area contributed by atoms with E-state index in [0.717, 1.165) is 11.6 Å². The molecule has 1 unspecified atom stereocenters. The van der Waals surface area contributed by atoms with Crippen LogP contribution in [0.4, 0.5) is 0 Å². The summed E-state index contributed by atoms with van der Waals surface area (Å²) in [6.07, 6.45) is 3.20. The predicted octanol–water partition coefficient (Wildman–Crippen LogP) is 2.45. The molecule has 2 rings (SSSR count). The first-order valence-electron chi connectivity index (χ1n) is 5.35. The third-order valence-corrected chi connectivity index (χ3v) is 2.95. The van der Waals surface area contributed by atoms with Crippen molar-refractivity contribution in [2.24, 2.45) is 5.92 Å². The van der Waals surface area contributed by atoms with Crippen LogP contribution in [0.3, 0.4) is 0 Å². The number of rotatable bonds is 3. The van der Waals surface area contributed by atoms with E-state index < -0.39 is 0 Å². The molecule has 1 aliphatic rings. The Hall–Kier alpha value is -0.890. The van der Waals surface area contributed by atoms with Gasteiger partial charge in [0, 0.05) is 18.3 Å². The van der Waals surface area contributed by atoms with Crippen LogP contribution in [0.15, 0.2) is 18.3 Å². The molecule has 2 nitrogen and oxygen atoms in total. The lowest BCUT2D eigenvalue weighted by atomic mass is 10.1. The van der Waals surface area contributed by atoms with E-state index in [-0.39, 0.29) is 0 Å². The molecule has 3 atom stereocenters. The highest BCUT2D eigenvalue weighted by Gasteiger charge is 2.33. The molecule has 1 aromatic heterocycles.